The fraction of sp³-hybridized carbons (Fsp3) is 0.250. The molecule has 1 unspecified atom stereocenters. The molecule has 2 aromatic carbocycles. The lowest BCUT2D eigenvalue weighted by molar-refractivity contribution is -0.124. The number of carbonyl (C=O) groups excluding carboxylic acids is 2. The summed E-state index contributed by atoms with van der Waals surface area (Å²) in [6.07, 6.45) is 5.53. The molecule has 0 aliphatic carbocycles. The highest BCUT2D eigenvalue weighted by atomic mass is 32.2. The Morgan fingerprint density at radius 3 is 2.55 bits per heavy atom. The Morgan fingerprint density at radius 1 is 1.00 bits per heavy atom. The Morgan fingerprint density at radius 2 is 1.71 bits per heavy atom. The minimum Gasteiger partial charge on any atom is -0.361 e. The average Bonchev–Trinajstić information content (AvgIpc) is 3.54. The third-order valence-corrected chi connectivity index (χ3v) is 6.87. The highest BCUT2D eigenvalue weighted by molar-refractivity contribution is 7.99. The van der Waals surface area contributed by atoms with Gasteiger partial charge in [-0.25, -0.2) is 0 Å². The van der Waals surface area contributed by atoms with Gasteiger partial charge in [-0.3, -0.25) is 9.59 Å². The van der Waals surface area contributed by atoms with Crippen molar-refractivity contribution in [3.05, 3.63) is 72.1 Å². The fourth-order valence-corrected chi connectivity index (χ4v) is 5.36. The largest absolute Gasteiger partial charge is 0.361 e. The second-order valence-corrected chi connectivity index (χ2v) is 8.79. The van der Waals surface area contributed by atoms with Gasteiger partial charge in [0.25, 0.3) is 5.91 Å². The first kappa shape index (κ1) is 19.8. The number of fused-ring (bicyclic) bond motifs is 2. The first-order valence-corrected chi connectivity index (χ1v) is 11.7. The summed E-state index contributed by atoms with van der Waals surface area (Å²) in [6, 6.07) is 15.5. The number of aryl methyl sites for hydroxylation is 1. The molecule has 0 radical (unpaired) electrons. The quantitative estimate of drug-likeness (QED) is 0.404. The molecule has 3 N–H and O–H groups in total. The maximum Gasteiger partial charge on any atom is 0.257 e. The van der Waals surface area contributed by atoms with Crippen LogP contribution in [-0.2, 0) is 11.2 Å². The van der Waals surface area contributed by atoms with Gasteiger partial charge in [0.05, 0.1) is 11.4 Å². The van der Waals surface area contributed by atoms with Crippen molar-refractivity contribution >= 4 is 45.4 Å². The second kappa shape index (κ2) is 8.51. The van der Waals surface area contributed by atoms with Crippen LogP contribution in [0.1, 0.15) is 22.3 Å². The molecule has 1 atom stereocenters. The molecule has 6 nitrogen and oxygen atoms in total. The maximum absolute atomic E-state index is 13.2. The molecule has 7 heteroatoms. The molecule has 31 heavy (non-hydrogen) atoms. The number of hydrogen-bond acceptors (Lipinski definition) is 3. The lowest BCUT2D eigenvalue weighted by Crippen LogP contribution is -2.47. The van der Waals surface area contributed by atoms with Crippen LogP contribution in [0.5, 0.6) is 0 Å². The van der Waals surface area contributed by atoms with Gasteiger partial charge in [-0.15, -0.1) is 11.8 Å². The number of nitrogens with one attached hydrogen (secondary N) is 3. The summed E-state index contributed by atoms with van der Waals surface area (Å²) in [5.41, 5.74) is 3.94. The number of benzene rings is 2. The van der Waals surface area contributed by atoms with Crippen molar-refractivity contribution in [3.63, 3.8) is 0 Å². The predicted octanol–water partition coefficient (Wildman–Crippen LogP) is 3.91. The molecular formula is C24H24N4O2S. The van der Waals surface area contributed by atoms with Crippen LogP contribution in [-0.4, -0.2) is 50.9 Å². The minimum absolute atomic E-state index is 0.0721. The standard InChI is InChI=1S/C24H24N4O2S/c29-23(25-11-5-6-16-12-26-20-9-3-1-7-17(16)20)22-14-31-15-28(22)24(30)19-13-27-21-10-4-2-8-18(19)21/h1-4,7-10,12-13,22,26-27H,5-6,11,14-15H2,(H,25,29). The van der Waals surface area contributed by atoms with E-state index in [0.717, 1.165) is 29.3 Å². The van der Waals surface area contributed by atoms with E-state index >= 15 is 0 Å². The Hall–Kier alpha value is -3.19. The van der Waals surface area contributed by atoms with Gasteiger partial charge in [-0.2, -0.15) is 0 Å². The molecule has 1 aliphatic heterocycles. The van der Waals surface area contributed by atoms with E-state index in [1.807, 2.05) is 42.6 Å². The fourth-order valence-electron chi connectivity index (χ4n) is 4.21. The molecule has 4 aromatic rings. The van der Waals surface area contributed by atoms with E-state index in [2.05, 4.69) is 27.4 Å². The molecule has 2 aromatic heterocycles. The highest BCUT2D eigenvalue weighted by Gasteiger charge is 2.35. The Bertz CT molecular complexity index is 1240. The Labute approximate surface area is 184 Å². The number of H-pyrrole nitrogens is 2. The molecule has 3 heterocycles. The summed E-state index contributed by atoms with van der Waals surface area (Å²) in [4.78, 5) is 34.1. The SMILES string of the molecule is O=C(NCCCc1c[nH]c2ccccc12)C1CSCN1C(=O)c1c[nH]c2ccccc12. The first-order valence-electron chi connectivity index (χ1n) is 10.5. The summed E-state index contributed by atoms with van der Waals surface area (Å²) in [7, 11) is 0. The van der Waals surface area contributed by atoms with Crippen LogP contribution in [0.2, 0.25) is 0 Å². The molecule has 1 fully saturated rings. The normalized spacial score (nSPS) is 16.3. The van der Waals surface area contributed by atoms with Gasteiger partial charge in [-0.1, -0.05) is 36.4 Å². The van der Waals surface area contributed by atoms with Gasteiger partial charge in [-0.05, 0) is 30.5 Å². The number of thioether (sulfide) groups is 1. The predicted molar refractivity (Wildman–Crippen MR) is 125 cm³/mol. The third kappa shape index (κ3) is 3.81. The van der Waals surface area contributed by atoms with Crippen LogP contribution in [0.15, 0.2) is 60.9 Å². The lowest BCUT2D eigenvalue weighted by Gasteiger charge is -2.23. The van der Waals surface area contributed by atoms with Gasteiger partial charge in [0.2, 0.25) is 5.91 Å². The molecule has 5 rings (SSSR count). The maximum atomic E-state index is 13.2. The average molecular weight is 433 g/mol. The van der Waals surface area contributed by atoms with Crippen LogP contribution in [0.4, 0.5) is 0 Å². The number of nitrogens with zero attached hydrogens (tertiary/aromatic N) is 1. The van der Waals surface area contributed by atoms with Crippen molar-refractivity contribution in [1.29, 1.82) is 0 Å². The van der Waals surface area contributed by atoms with Gasteiger partial charge in [0.1, 0.15) is 6.04 Å². The Balaban J connectivity index is 1.19. The summed E-state index contributed by atoms with van der Waals surface area (Å²) < 4.78 is 0. The Kier molecular flexibility index (Phi) is 5.42. The smallest absolute Gasteiger partial charge is 0.257 e. The first-order chi connectivity index (χ1) is 15.2. The molecule has 0 saturated carbocycles. The number of para-hydroxylation sites is 2. The van der Waals surface area contributed by atoms with Crippen LogP contribution < -0.4 is 5.32 Å². The number of amides is 2. The van der Waals surface area contributed by atoms with Crippen LogP contribution in [0.3, 0.4) is 0 Å². The summed E-state index contributed by atoms with van der Waals surface area (Å²) >= 11 is 1.62. The molecule has 0 bridgehead atoms. The van der Waals surface area contributed by atoms with E-state index < -0.39 is 6.04 Å². The molecular weight excluding hydrogens is 408 g/mol. The van der Waals surface area contributed by atoms with Crippen LogP contribution in [0, 0.1) is 0 Å². The summed E-state index contributed by atoms with van der Waals surface area (Å²) in [5.74, 6) is 0.993. The number of hydrogen-bond donors (Lipinski definition) is 3. The molecule has 158 valence electrons. The molecule has 2 amide bonds. The zero-order chi connectivity index (χ0) is 21.2. The van der Waals surface area contributed by atoms with Crippen molar-refractivity contribution in [3.8, 4) is 0 Å². The third-order valence-electron chi connectivity index (χ3n) is 5.86. The van der Waals surface area contributed by atoms with E-state index in [1.165, 1.54) is 10.9 Å². The van der Waals surface area contributed by atoms with Crippen LogP contribution in [0.25, 0.3) is 21.8 Å². The highest BCUT2D eigenvalue weighted by Crippen LogP contribution is 2.26. The molecule has 0 spiro atoms. The number of aromatic amines is 2. The van der Waals surface area contributed by atoms with E-state index in [9.17, 15) is 9.59 Å². The van der Waals surface area contributed by atoms with E-state index in [-0.39, 0.29) is 11.8 Å². The minimum atomic E-state index is -0.431. The second-order valence-electron chi connectivity index (χ2n) is 7.79. The summed E-state index contributed by atoms with van der Waals surface area (Å²) in [6.45, 7) is 0.592. The van der Waals surface area contributed by atoms with E-state index in [4.69, 9.17) is 0 Å². The van der Waals surface area contributed by atoms with Gasteiger partial charge in [0.15, 0.2) is 0 Å². The van der Waals surface area contributed by atoms with Crippen molar-refractivity contribution in [2.75, 3.05) is 18.2 Å². The zero-order valence-corrected chi connectivity index (χ0v) is 17.9. The van der Waals surface area contributed by atoms with Crippen LogP contribution >= 0.6 is 11.8 Å². The number of carbonyl (C=O) groups is 2. The zero-order valence-electron chi connectivity index (χ0n) is 17.1. The van der Waals surface area contributed by atoms with Crippen molar-refractivity contribution < 1.29 is 9.59 Å². The number of aromatic nitrogens is 2. The number of rotatable bonds is 6. The van der Waals surface area contributed by atoms with E-state index in [1.54, 1.807) is 22.9 Å². The van der Waals surface area contributed by atoms with Crippen molar-refractivity contribution in [2.45, 2.75) is 18.9 Å². The van der Waals surface area contributed by atoms with Gasteiger partial charge in [0, 0.05) is 46.5 Å². The summed E-state index contributed by atoms with van der Waals surface area (Å²) in [5, 5.41) is 5.16. The topological polar surface area (TPSA) is 81.0 Å². The van der Waals surface area contributed by atoms with Gasteiger partial charge < -0.3 is 20.2 Å². The molecule has 1 aliphatic rings. The lowest BCUT2D eigenvalue weighted by atomic mass is 10.1. The molecule has 1 saturated heterocycles. The van der Waals surface area contributed by atoms with Crippen molar-refractivity contribution in [1.82, 2.24) is 20.2 Å². The van der Waals surface area contributed by atoms with E-state index in [0.29, 0.717) is 23.7 Å². The monoisotopic (exact) mass is 432 g/mol. The van der Waals surface area contributed by atoms with Gasteiger partial charge >= 0.3 is 0 Å². The van der Waals surface area contributed by atoms with Crippen molar-refractivity contribution in [2.24, 2.45) is 0 Å².